The van der Waals surface area contributed by atoms with E-state index < -0.39 is 15.6 Å². The van der Waals surface area contributed by atoms with E-state index in [1.54, 1.807) is 11.9 Å². The van der Waals surface area contributed by atoms with E-state index in [4.69, 9.17) is 14.7 Å². The van der Waals surface area contributed by atoms with Crippen molar-refractivity contribution in [2.24, 2.45) is 0 Å². The minimum absolute atomic E-state index is 0.125. The molecule has 2 aliphatic heterocycles. The standard InChI is InChI=1S/C21H30N4O5S/c1-21(2,3)30-20(26)25-14-17-12-24(13-18(15-25)29-17)10-9-23(4)31(27,28)19-7-5-16(11-22)6-8-19/h5-8,17-18H,9-10,12-15H2,1-4H3. The molecular formula is C21H30N4O5S. The van der Waals surface area contributed by atoms with Crippen LogP contribution < -0.4 is 0 Å². The SMILES string of the molecule is CN(CCN1CC2CN(C(=O)OC(C)(C)C)CC(C1)O2)S(=O)(=O)c1ccc(C#N)cc1. The Labute approximate surface area is 184 Å². The number of morpholine rings is 2. The van der Waals surface area contributed by atoms with Crippen LogP contribution >= 0.6 is 0 Å². The molecule has 3 rings (SSSR count). The van der Waals surface area contributed by atoms with Crippen LogP contribution in [0, 0.1) is 11.3 Å². The number of likely N-dealkylation sites (N-methyl/N-ethyl adjacent to an activating group) is 1. The van der Waals surface area contributed by atoms with Crippen molar-refractivity contribution in [3.8, 4) is 6.07 Å². The average Bonchev–Trinajstić information content (AvgIpc) is 2.70. The molecule has 170 valence electrons. The molecule has 2 aliphatic rings. The smallest absolute Gasteiger partial charge is 0.410 e. The zero-order valence-corrected chi connectivity index (χ0v) is 19.3. The van der Waals surface area contributed by atoms with Crippen molar-refractivity contribution in [2.75, 3.05) is 46.3 Å². The largest absolute Gasteiger partial charge is 0.444 e. The van der Waals surface area contributed by atoms with Gasteiger partial charge in [-0.1, -0.05) is 0 Å². The molecule has 0 saturated carbocycles. The van der Waals surface area contributed by atoms with Gasteiger partial charge in [-0.15, -0.1) is 0 Å². The average molecular weight is 451 g/mol. The molecule has 1 aromatic carbocycles. The van der Waals surface area contributed by atoms with Crippen LogP contribution in [-0.4, -0.2) is 92.7 Å². The molecule has 31 heavy (non-hydrogen) atoms. The summed E-state index contributed by atoms with van der Waals surface area (Å²) in [6.45, 7) is 8.60. The van der Waals surface area contributed by atoms with Gasteiger partial charge >= 0.3 is 6.09 Å². The second-order valence-electron chi connectivity index (χ2n) is 8.99. The summed E-state index contributed by atoms with van der Waals surface area (Å²) in [5, 5.41) is 8.88. The van der Waals surface area contributed by atoms with Crippen LogP contribution in [0.25, 0.3) is 0 Å². The summed E-state index contributed by atoms with van der Waals surface area (Å²) in [5.74, 6) is 0. The summed E-state index contributed by atoms with van der Waals surface area (Å²) in [7, 11) is -2.07. The lowest BCUT2D eigenvalue weighted by Gasteiger charge is -2.45. The highest BCUT2D eigenvalue weighted by Gasteiger charge is 2.38. The van der Waals surface area contributed by atoms with E-state index in [0.29, 0.717) is 44.8 Å². The monoisotopic (exact) mass is 450 g/mol. The summed E-state index contributed by atoms with van der Waals surface area (Å²) in [5.41, 5.74) is -0.122. The van der Waals surface area contributed by atoms with Gasteiger partial charge in [-0.25, -0.2) is 13.2 Å². The van der Waals surface area contributed by atoms with E-state index in [1.807, 2.05) is 26.8 Å². The normalized spacial score (nSPS) is 22.3. The third kappa shape index (κ3) is 5.95. The van der Waals surface area contributed by atoms with Gasteiger partial charge in [0, 0.05) is 33.2 Å². The number of benzene rings is 1. The highest BCUT2D eigenvalue weighted by molar-refractivity contribution is 7.89. The molecule has 0 aliphatic carbocycles. The van der Waals surface area contributed by atoms with Crippen molar-refractivity contribution < 1.29 is 22.7 Å². The second kappa shape index (κ2) is 9.12. The van der Waals surface area contributed by atoms with Crippen LogP contribution in [0.3, 0.4) is 0 Å². The molecule has 0 radical (unpaired) electrons. The second-order valence-corrected chi connectivity index (χ2v) is 11.0. The van der Waals surface area contributed by atoms with Crippen molar-refractivity contribution in [2.45, 2.75) is 43.5 Å². The Balaban J connectivity index is 1.53. The fourth-order valence-electron chi connectivity index (χ4n) is 3.72. The van der Waals surface area contributed by atoms with E-state index >= 15 is 0 Å². The summed E-state index contributed by atoms with van der Waals surface area (Å²) < 4.78 is 38.3. The lowest BCUT2D eigenvalue weighted by Crippen LogP contribution is -2.61. The third-order valence-corrected chi connectivity index (χ3v) is 7.10. The molecule has 0 spiro atoms. The van der Waals surface area contributed by atoms with E-state index in [-0.39, 0.29) is 23.2 Å². The number of amides is 1. The minimum atomic E-state index is -3.62. The van der Waals surface area contributed by atoms with Gasteiger partial charge in [0.25, 0.3) is 0 Å². The zero-order chi connectivity index (χ0) is 22.8. The lowest BCUT2D eigenvalue weighted by molar-refractivity contribution is -0.136. The quantitative estimate of drug-likeness (QED) is 0.670. The van der Waals surface area contributed by atoms with Gasteiger partial charge in [-0.2, -0.15) is 9.57 Å². The molecule has 2 saturated heterocycles. The Morgan fingerprint density at radius 3 is 2.29 bits per heavy atom. The van der Waals surface area contributed by atoms with E-state index in [9.17, 15) is 13.2 Å². The number of carbonyl (C=O) groups excluding carboxylic acids is 1. The predicted octanol–water partition coefficient (Wildman–Crippen LogP) is 1.50. The van der Waals surface area contributed by atoms with Crippen molar-refractivity contribution in [1.29, 1.82) is 5.26 Å². The maximum Gasteiger partial charge on any atom is 0.410 e. The number of sulfonamides is 1. The Morgan fingerprint density at radius 2 is 1.77 bits per heavy atom. The Kier molecular flexibility index (Phi) is 6.91. The first-order valence-electron chi connectivity index (χ1n) is 10.3. The Hall–Kier alpha value is -2.19. The van der Waals surface area contributed by atoms with E-state index in [1.165, 1.54) is 28.6 Å². The third-order valence-electron chi connectivity index (χ3n) is 5.23. The van der Waals surface area contributed by atoms with Crippen molar-refractivity contribution in [3.05, 3.63) is 29.8 Å². The topological polar surface area (TPSA) is 103 Å². The first-order valence-corrected chi connectivity index (χ1v) is 11.7. The number of hydrogen-bond acceptors (Lipinski definition) is 7. The first kappa shape index (κ1) is 23.5. The van der Waals surface area contributed by atoms with Crippen LogP contribution in [0.5, 0.6) is 0 Å². The zero-order valence-electron chi connectivity index (χ0n) is 18.4. The maximum absolute atomic E-state index is 12.8. The Bertz CT molecular complexity index is 922. The highest BCUT2D eigenvalue weighted by atomic mass is 32.2. The van der Waals surface area contributed by atoms with Crippen molar-refractivity contribution in [3.63, 3.8) is 0 Å². The van der Waals surface area contributed by atoms with Gasteiger partial charge in [-0.05, 0) is 45.0 Å². The van der Waals surface area contributed by atoms with Crippen LogP contribution in [-0.2, 0) is 19.5 Å². The molecule has 2 atom stereocenters. The summed E-state index contributed by atoms with van der Waals surface area (Å²) >= 11 is 0. The summed E-state index contributed by atoms with van der Waals surface area (Å²) in [6, 6.07) is 7.89. The van der Waals surface area contributed by atoms with Crippen LogP contribution in [0.15, 0.2) is 29.2 Å². The molecule has 10 heteroatoms. The lowest BCUT2D eigenvalue weighted by atomic mass is 10.1. The minimum Gasteiger partial charge on any atom is -0.444 e. The number of ether oxygens (including phenoxy) is 2. The fourth-order valence-corrected chi connectivity index (χ4v) is 4.88. The van der Waals surface area contributed by atoms with Gasteiger partial charge in [0.05, 0.1) is 41.8 Å². The summed E-state index contributed by atoms with van der Waals surface area (Å²) in [4.78, 5) is 16.4. The molecule has 0 aromatic heterocycles. The van der Waals surface area contributed by atoms with E-state index in [2.05, 4.69) is 4.90 Å². The molecule has 0 N–H and O–H groups in total. The number of rotatable bonds is 5. The van der Waals surface area contributed by atoms with Crippen LogP contribution in [0.1, 0.15) is 26.3 Å². The van der Waals surface area contributed by atoms with Crippen LogP contribution in [0.4, 0.5) is 4.79 Å². The van der Waals surface area contributed by atoms with E-state index in [0.717, 1.165) is 0 Å². The number of carbonyl (C=O) groups is 1. The van der Waals surface area contributed by atoms with Crippen LogP contribution in [0.2, 0.25) is 0 Å². The Morgan fingerprint density at radius 1 is 1.19 bits per heavy atom. The molecule has 9 nitrogen and oxygen atoms in total. The molecular weight excluding hydrogens is 420 g/mol. The van der Waals surface area contributed by atoms with Gasteiger partial charge in [0.15, 0.2) is 0 Å². The van der Waals surface area contributed by atoms with Crippen molar-refractivity contribution >= 4 is 16.1 Å². The van der Waals surface area contributed by atoms with Gasteiger partial charge in [-0.3, -0.25) is 4.90 Å². The molecule has 1 amide bonds. The fraction of sp³-hybridized carbons (Fsp3) is 0.619. The van der Waals surface area contributed by atoms with Gasteiger partial charge < -0.3 is 14.4 Å². The molecule has 2 heterocycles. The van der Waals surface area contributed by atoms with Gasteiger partial charge in [0.2, 0.25) is 10.0 Å². The predicted molar refractivity (Wildman–Crippen MR) is 114 cm³/mol. The number of fused-ring (bicyclic) bond motifs is 2. The highest BCUT2D eigenvalue weighted by Crippen LogP contribution is 2.22. The first-order chi connectivity index (χ1) is 14.5. The number of nitrogens with zero attached hydrogens (tertiary/aromatic N) is 4. The maximum atomic E-state index is 12.8. The van der Waals surface area contributed by atoms with Gasteiger partial charge in [0.1, 0.15) is 5.60 Å². The molecule has 2 bridgehead atoms. The molecule has 1 aromatic rings. The molecule has 2 fully saturated rings. The number of hydrogen-bond donors (Lipinski definition) is 0. The number of nitriles is 1. The summed E-state index contributed by atoms with van der Waals surface area (Å²) in [6.07, 6.45) is -0.576. The molecule has 2 unspecified atom stereocenters. The van der Waals surface area contributed by atoms with Crippen molar-refractivity contribution in [1.82, 2.24) is 14.1 Å².